The predicted molar refractivity (Wildman–Crippen MR) is 315 cm³/mol. The van der Waals surface area contributed by atoms with Gasteiger partial charge in [0.15, 0.2) is 0 Å². The molecule has 0 aliphatic heterocycles. The molecule has 0 fully saturated rings. The molecule has 2 aliphatic carbocycles. The molecule has 0 saturated heterocycles. The highest BCUT2D eigenvalue weighted by Gasteiger charge is 2.25. The lowest BCUT2D eigenvalue weighted by Crippen LogP contribution is -1.89. The fourth-order valence-electron chi connectivity index (χ4n) is 12.8. The lowest BCUT2D eigenvalue weighted by atomic mass is 9.88. The third-order valence-electron chi connectivity index (χ3n) is 16.3. The summed E-state index contributed by atoms with van der Waals surface area (Å²) in [5.41, 5.74) is 25.3. The molecule has 0 radical (unpaired) electrons. The quantitative estimate of drug-likeness (QED) is 0.156. The Morgan fingerprint density at radius 2 is 0.459 bits per heavy atom. The molecule has 2 aliphatic rings. The van der Waals surface area contributed by atoms with Crippen LogP contribution < -0.4 is 0 Å². The van der Waals surface area contributed by atoms with E-state index in [0.717, 1.165) is 0 Å². The van der Waals surface area contributed by atoms with Gasteiger partial charge in [-0.25, -0.2) is 0 Å². The molecular weight excluding hydrogens is 889 g/mol. The molecule has 0 bridgehead atoms. The molecule has 0 heteroatoms. The van der Waals surface area contributed by atoms with Crippen LogP contribution in [0.25, 0.3) is 165 Å². The van der Waals surface area contributed by atoms with Gasteiger partial charge in [0.05, 0.1) is 0 Å². The van der Waals surface area contributed by atoms with Gasteiger partial charge in [-0.1, -0.05) is 218 Å². The summed E-state index contributed by atoms with van der Waals surface area (Å²) in [6.07, 6.45) is 0. The molecular formula is C74H44. The van der Waals surface area contributed by atoms with Gasteiger partial charge in [-0.05, 0) is 214 Å². The topological polar surface area (TPSA) is 0 Å². The zero-order valence-electron chi connectivity index (χ0n) is 40.4. The van der Waals surface area contributed by atoms with E-state index in [4.69, 9.17) is 0 Å². The average molecular weight is 933 g/mol. The standard InChI is InChI=1S/C74H44/c1-3-13-45(14-4-1)71-43-55(57-33-35-69-63-19-9-7-17-61(63)67-23-11-21-65(57)73(67)69)41-53-39-51(29-31-59(53)71)49-27-25-48-38-50(28-26-47(48)37-49)52-30-32-60-54(40-52)42-56(44-72(60)46-15-5-2-6-16-46)58-34-36-70-64-20-10-8-18-62(64)68-24-12-22-66(58)74(68)70/h1-44H. The van der Waals surface area contributed by atoms with E-state index in [1.54, 1.807) is 0 Å². The Kier molecular flexibility index (Phi) is 8.84. The Labute approximate surface area is 429 Å². The van der Waals surface area contributed by atoms with Gasteiger partial charge in [0, 0.05) is 0 Å². The molecule has 0 aromatic heterocycles. The zero-order valence-corrected chi connectivity index (χ0v) is 40.4. The number of fused-ring (bicyclic) bond motifs is 9. The summed E-state index contributed by atoms with van der Waals surface area (Å²) in [6, 6.07) is 100.0. The third-order valence-corrected chi connectivity index (χ3v) is 16.3. The van der Waals surface area contributed by atoms with Gasteiger partial charge < -0.3 is 0 Å². The Hall–Kier alpha value is -9.62. The van der Waals surface area contributed by atoms with Crippen LogP contribution in [0.3, 0.4) is 0 Å². The van der Waals surface area contributed by atoms with Crippen molar-refractivity contribution in [2.75, 3.05) is 0 Å². The summed E-state index contributed by atoms with van der Waals surface area (Å²) in [7, 11) is 0. The second-order valence-corrected chi connectivity index (χ2v) is 20.3. The minimum absolute atomic E-state index is 1.21. The van der Waals surface area contributed by atoms with E-state index < -0.39 is 0 Å². The maximum absolute atomic E-state index is 2.41. The van der Waals surface area contributed by atoms with E-state index in [0.29, 0.717) is 0 Å². The fourth-order valence-corrected chi connectivity index (χ4v) is 12.8. The van der Waals surface area contributed by atoms with Crippen molar-refractivity contribution in [1.29, 1.82) is 0 Å². The first-order valence-corrected chi connectivity index (χ1v) is 25.8. The van der Waals surface area contributed by atoms with E-state index in [-0.39, 0.29) is 0 Å². The molecule has 0 N–H and O–H groups in total. The third kappa shape index (κ3) is 6.22. The minimum Gasteiger partial charge on any atom is -0.0622 e. The summed E-state index contributed by atoms with van der Waals surface area (Å²) in [6.45, 7) is 0. The smallest absolute Gasteiger partial charge is 0.00201 e. The number of rotatable bonds is 6. The lowest BCUT2D eigenvalue weighted by molar-refractivity contribution is 1.62. The molecule has 0 heterocycles. The van der Waals surface area contributed by atoms with Crippen LogP contribution in [0.15, 0.2) is 267 Å². The van der Waals surface area contributed by atoms with E-state index in [1.165, 1.54) is 165 Å². The van der Waals surface area contributed by atoms with Crippen molar-refractivity contribution in [2.45, 2.75) is 0 Å². The van der Waals surface area contributed by atoms with Crippen molar-refractivity contribution in [1.82, 2.24) is 0 Å². The van der Waals surface area contributed by atoms with Gasteiger partial charge in [-0.15, -0.1) is 0 Å². The maximum Gasteiger partial charge on any atom is -0.00201 e. The molecule has 0 spiro atoms. The molecule has 0 unspecified atom stereocenters. The van der Waals surface area contributed by atoms with Crippen LogP contribution in [-0.4, -0.2) is 0 Å². The van der Waals surface area contributed by atoms with Gasteiger partial charge in [-0.2, -0.15) is 0 Å². The highest BCUT2D eigenvalue weighted by molar-refractivity contribution is 6.21. The Morgan fingerprint density at radius 1 is 0.135 bits per heavy atom. The van der Waals surface area contributed by atoms with Crippen LogP contribution in [0.2, 0.25) is 0 Å². The second kappa shape index (κ2) is 15.9. The number of benzene rings is 14. The first-order chi connectivity index (χ1) is 36.7. The fraction of sp³-hybridized carbons (Fsp3) is 0. The van der Waals surface area contributed by atoms with E-state index in [1.807, 2.05) is 0 Å². The Bertz CT molecular complexity index is 4330. The van der Waals surface area contributed by atoms with Crippen LogP contribution >= 0.6 is 0 Å². The Morgan fingerprint density at radius 3 is 0.878 bits per heavy atom. The zero-order chi connectivity index (χ0) is 48.4. The van der Waals surface area contributed by atoms with Crippen molar-refractivity contribution < 1.29 is 0 Å². The van der Waals surface area contributed by atoms with E-state index in [2.05, 4.69) is 267 Å². The lowest BCUT2D eigenvalue weighted by Gasteiger charge is -2.15. The van der Waals surface area contributed by atoms with Crippen molar-refractivity contribution >= 4 is 53.9 Å². The minimum atomic E-state index is 1.21. The summed E-state index contributed by atoms with van der Waals surface area (Å²) >= 11 is 0. The van der Waals surface area contributed by atoms with Crippen LogP contribution in [0.5, 0.6) is 0 Å². The monoisotopic (exact) mass is 932 g/mol. The average Bonchev–Trinajstić information content (AvgIpc) is 4.01. The molecule has 0 amide bonds. The maximum atomic E-state index is 2.41. The molecule has 16 rings (SSSR count). The first kappa shape index (κ1) is 41.0. The molecule has 0 saturated carbocycles. The van der Waals surface area contributed by atoms with Gasteiger partial charge in [0.1, 0.15) is 0 Å². The van der Waals surface area contributed by atoms with Crippen LogP contribution in [-0.2, 0) is 0 Å². The SMILES string of the molecule is c1ccc(-c2cc(-c3ccc4c5c(cccc35)-c3ccccc3-4)cc3cc(-c4ccc5cc(-c6ccc7c(-c8ccccc8)cc(-c8ccc9c%10c(cccc8%10)-c8ccccc8-9)cc7c6)ccc5c4)ccc23)cc1. The molecule has 0 atom stereocenters. The van der Waals surface area contributed by atoms with Crippen molar-refractivity contribution in [2.24, 2.45) is 0 Å². The number of hydrogen-bond acceptors (Lipinski definition) is 0. The summed E-state index contributed by atoms with van der Waals surface area (Å²) in [4.78, 5) is 0. The van der Waals surface area contributed by atoms with Crippen LogP contribution in [0.4, 0.5) is 0 Å². The largest absolute Gasteiger partial charge is 0.0622 e. The molecule has 74 heavy (non-hydrogen) atoms. The Balaban J connectivity index is 0.784. The van der Waals surface area contributed by atoms with Gasteiger partial charge in [0.25, 0.3) is 0 Å². The van der Waals surface area contributed by atoms with E-state index in [9.17, 15) is 0 Å². The predicted octanol–water partition coefficient (Wildman–Crippen LogP) is 20.7. The van der Waals surface area contributed by atoms with Gasteiger partial charge in [-0.3, -0.25) is 0 Å². The highest BCUT2D eigenvalue weighted by atomic mass is 14.3. The number of hydrogen-bond donors (Lipinski definition) is 0. The van der Waals surface area contributed by atoms with Crippen molar-refractivity contribution in [3.05, 3.63) is 267 Å². The summed E-state index contributed by atoms with van der Waals surface area (Å²) in [5.74, 6) is 0. The van der Waals surface area contributed by atoms with E-state index >= 15 is 0 Å². The second-order valence-electron chi connectivity index (χ2n) is 20.3. The van der Waals surface area contributed by atoms with Gasteiger partial charge >= 0.3 is 0 Å². The van der Waals surface area contributed by atoms with Crippen LogP contribution in [0, 0.1) is 0 Å². The van der Waals surface area contributed by atoms with Crippen molar-refractivity contribution in [3.63, 3.8) is 0 Å². The van der Waals surface area contributed by atoms with Gasteiger partial charge in [0.2, 0.25) is 0 Å². The normalized spacial score (nSPS) is 12.1. The molecule has 0 nitrogen and oxygen atoms in total. The van der Waals surface area contributed by atoms with Crippen molar-refractivity contribution in [3.8, 4) is 111 Å². The summed E-state index contributed by atoms with van der Waals surface area (Å²) < 4.78 is 0. The molecule has 14 aromatic carbocycles. The highest BCUT2D eigenvalue weighted by Crippen LogP contribution is 2.52. The molecule has 14 aromatic rings. The first-order valence-electron chi connectivity index (χ1n) is 25.8. The summed E-state index contributed by atoms with van der Waals surface area (Å²) in [5, 5.41) is 12.7. The van der Waals surface area contributed by atoms with Crippen LogP contribution in [0.1, 0.15) is 0 Å². The molecule has 340 valence electrons.